The molecule has 9 aromatic carbocycles. The Morgan fingerprint density at radius 1 is 0.321 bits per heavy atom. The van der Waals surface area contributed by atoms with Gasteiger partial charge in [0.15, 0.2) is 0 Å². The lowest BCUT2D eigenvalue weighted by Gasteiger charge is -2.29. The number of rotatable bonds is 7. The van der Waals surface area contributed by atoms with Gasteiger partial charge in [-0.1, -0.05) is 190 Å². The predicted molar refractivity (Wildman–Crippen MR) is 238 cm³/mol. The van der Waals surface area contributed by atoms with Crippen LogP contribution in [0.1, 0.15) is 25.0 Å². The molecule has 0 heterocycles. The Morgan fingerprint density at radius 2 is 0.839 bits per heavy atom. The van der Waals surface area contributed by atoms with Gasteiger partial charge in [0.05, 0.1) is 5.69 Å². The van der Waals surface area contributed by atoms with Gasteiger partial charge in [0.2, 0.25) is 0 Å². The fraction of sp³-hybridized carbons (Fsp3) is 0.0545. The first-order valence-electron chi connectivity index (χ1n) is 19.5. The van der Waals surface area contributed by atoms with Gasteiger partial charge >= 0.3 is 0 Å². The van der Waals surface area contributed by atoms with E-state index < -0.39 is 0 Å². The Kier molecular flexibility index (Phi) is 8.23. The molecule has 0 fully saturated rings. The third-order valence-electron chi connectivity index (χ3n) is 11.7. The van der Waals surface area contributed by atoms with Crippen LogP contribution in [0.5, 0.6) is 0 Å². The molecule has 266 valence electrons. The molecule has 1 aliphatic carbocycles. The second-order valence-electron chi connectivity index (χ2n) is 15.4. The highest BCUT2D eigenvalue weighted by atomic mass is 15.1. The zero-order valence-electron chi connectivity index (χ0n) is 31.7. The lowest BCUT2D eigenvalue weighted by molar-refractivity contribution is 0.660. The zero-order chi connectivity index (χ0) is 37.6. The van der Waals surface area contributed by atoms with Crippen LogP contribution in [-0.4, -0.2) is 0 Å². The van der Waals surface area contributed by atoms with E-state index in [2.05, 4.69) is 231 Å². The minimum absolute atomic E-state index is 0.104. The molecule has 1 aliphatic rings. The van der Waals surface area contributed by atoms with Gasteiger partial charge in [0, 0.05) is 22.4 Å². The summed E-state index contributed by atoms with van der Waals surface area (Å²) in [5.74, 6) is 0. The van der Waals surface area contributed by atoms with Crippen molar-refractivity contribution in [1.82, 2.24) is 0 Å². The Morgan fingerprint density at radius 3 is 1.57 bits per heavy atom. The standard InChI is InChI=1S/C55H41N/c1-55(2)51-23-11-10-22-50(51)54-52(55)24-13-25-53(54)56(46-34-32-42(33-35-46)49-21-9-8-20-48(49)41-15-4-3-5-16-41)47-19-12-18-44(37-47)39-26-28-40(29-27-39)45-31-30-38-14-6-7-17-43(38)36-45/h3-37H,1-2H3. The van der Waals surface area contributed by atoms with Crippen LogP contribution in [0.2, 0.25) is 0 Å². The molecule has 0 saturated carbocycles. The van der Waals surface area contributed by atoms with Crippen LogP contribution in [0, 0.1) is 0 Å². The molecule has 0 bridgehead atoms. The van der Waals surface area contributed by atoms with E-state index in [9.17, 15) is 0 Å². The topological polar surface area (TPSA) is 3.24 Å². The van der Waals surface area contributed by atoms with Crippen molar-refractivity contribution < 1.29 is 0 Å². The van der Waals surface area contributed by atoms with Crippen molar-refractivity contribution in [2.45, 2.75) is 19.3 Å². The summed E-state index contributed by atoms with van der Waals surface area (Å²) in [7, 11) is 0. The molecule has 0 N–H and O–H groups in total. The number of benzene rings is 9. The van der Waals surface area contributed by atoms with Gasteiger partial charge in [0.1, 0.15) is 0 Å². The number of fused-ring (bicyclic) bond motifs is 4. The number of hydrogen-bond acceptors (Lipinski definition) is 1. The van der Waals surface area contributed by atoms with E-state index >= 15 is 0 Å². The maximum Gasteiger partial charge on any atom is 0.0543 e. The van der Waals surface area contributed by atoms with E-state index in [1.54, 1.807) is 0 Å². The lowest BCUT2D eigenvalue weighted by atomic mass is 9.82. The average molecular weight is 716 g/mol. The van der Waals surface area contributed by atoms with E-state index in [0.29, 0.717) is 0 Å². The lowest BCUT2D eigenvalue weighted by Crippen LogP contribution is -2.16. The van der Waals surface area contributed by atoms with Crippen molar-refractivity contribution in [2.24, 2.45) is 0 Å². The normalized spacial score (nSPS) is 12.6. The Hall–Kier alpha value is -6.96. The van der Waals surface area contributed by atoms with Gasteiger partial charge in [-0.15, -0.1) is 0 Å². The second-order valence-corrected chi connectivity index (χ2v) is 15.4. The molecule has 0 radical (unpaired) electrons. The SMILES string of the molecule is CC1(C)c2ccccc2-c2c(N(c3ccc(-c4ccccc4-c4ccccc4)cc3)c3cccc(-c4ccc(-c5ccc6ccccc6c5)cc4)c3)cccc21. The predicted octanol–water partition coefficient (Wildman–Crippen LogP) is 15.3. The molecule has 0 aromatic heterocycles. The van der Waals surface area contributed by atoms with E-state index in [1.807, 2.05) is 0 Å². The number of nitrogens with zero attached hydrogens (tertiary/aromatic N) is 1. The van der Waals surface area contributed by atoms with E-state index in [1.165, 1.54) is 83.2 Å². The van der Waals surface area contributed by atoms with Gasteiger partial charge in [-0.25, -0.2) is 0 Å². The highest BCUT2D eigenvalue weighted by Gasteiger charge is 2.37. The molecular weight excluding hydrogens is 675 g/mol. The molecule has 56 heavy (non-hydrogen) atoms. The van der Waals surface area contributed by atoms with Crippen LogP contribution in [0.25, 0.3) is 66.4 Å². The second kappa shape index (κ2) is 13.7. The highest BCUT2D eigenvalue weighted by molar-refractivity contribution is 5.96. The zero-order valence-corrected chi connectivity index (χ0v) is 31.7. The van der Waals surface area contributed by atoms with Crippen molar-refractivity contribution in [2.75, 3.05) is 4.90 Å². The first kappa shape index (κ1) is 33.6. The Bertz CT molecular complexity index is 2860. The van der Waals surface area contributed by atoms with Crippen LogP contribution < -0.4 is 4.90 Å². The minimum atomic E-state index is -0.104. The number of hydrogen-bond donors (Lipinski definition) is 0. The molecule has 1 heteroatoms. The summed E-state index contributed by atoms with van der Waals surface area (Å²) < 4.78 is 0. The van der Waals surface area contributed by atoms with Crippen molar-refractivity contribution in [3.05, 3.63) is 223 Å². The summed E-state index contributed by atoms with van der Waals surface area (Å²) in [6.07, 6.45) is 0. The van der Waals surface area contributed by atoms with Crippen LogP contribution in [0.4, 0.5) is 17.1 Å². The first-order valence-corrected chi connectivity index (χ1v) is 19.5. The summed E-state index contributed by atoms with van der Waals surface area (Å²) in [5, 5.41) is 2.52. The van der Waals surface area contributed by atoms with Crippen LogP contribution in [-0.2, 0) is 5.41 Å². The molecule has 0 spiro atoms. The van der Waals surface area contributed by atoms with Crippen molar-refractivity contribution in [3.63, 3.8) is 0 Å². The molecule has 9 aromatic rings. The van der Waals surface area contributed by atoms with Crippen LogP contribution in [0.3, 0.4) is 0 Å². The maximum atomic E-state index is 2.46. The third kappa shape index (κ3) is 5.81. The summed E-state index contributed by atoms with van der Waals surface area (Å²) in [6.45, 7) is 4.71. The molecule has 0 aliphatic heterocycles. The van der Waals surface area contributed by atoms with Crippen molar-refractivity contribution in [3.8, 4) is 55.6 Å². The van der Waals surface area contributed by atoms with Gasteiger partial charge in [-0.05, 0) is 108 Å². The fourth-order valence-corrected chi connectivity index (χ4v) is 8.79. The molecule has 1 nitrogen and oxygen atoms in total. The fourth-order valence-electron chi connectivity index (χ4n) is 8.79. The first-order chi connectivity index (χ1) is 27.5. The smallest absolute Gasteiger partial charge is 0.0543 e. The quantitative estimate of drug-likeness (QED) is 0.159. The largest absolute Gasteiger partial charge is 0.310 e. The van der Waals surface area contributed by atoms with E-state index in [0.717, 1.165) is 11.4 Å². The molecule has 0 saturated heterocycles. The summed E-state index contributed by atoms with van der Waals surface area (Å²) in [6, 6.07) is 77.6. The molecule has 10 rings (SSSR count). The van der Waals surface area contributed by atoms with Crippen molar-refractivity contribution >= 4 is 27.8 Å². The Balaban J connectivity index is 1.08. The van der Waals surface area contributed by atoms with Gasteiger partial charge < -0.3 is 4.90 Å². The van der Waals surface area contributed by atoms with E-state index in [-0.39, 0.29) is 5.41 Å². The highest BCUT2D eigenvalue weighted by Crippen LogP contribution is 2.54. The maximum absolute atomic E-state index is 2.46. The summed E-state index contributed by atoms with van der Waals surface area (Å²) >= 11 is 0. The van der Waals surface area contributed by atoms with Crippen LogP contribution >= 0.6 is 0 Å². The Labute approximate surface area is 329 Å². The monoisotopic (exact) mass is 715 g/mol. The minimum Gasteiger partial charge on any atom is -0.310 e. The summed E-state index contributed by atoms with van der Waals surface area (Å²) in [4.78, 5) is 2.46. The van der Waals surface area contributed by atoms with Gasteiger partial charge in [-0.3, -0.25) is 0 Å². The van der Waals surface area contributed by atoms with Crippen molar-refractivity contribution in [1.29, 1.82) is 0 Å². The molecule has 0 amide bonds. The molecule has 0 unspecified atom stereocenters. The molecular formula is C55H41N. The average Bonchev–Trinajstić information content (AvgIpc) is 3.50. The van der Waals surface area contributed by atoms with Gasteiger partial charge in [0.25, 0.3) is 0 Å². The molecule has 0 atom stereocenters. The third-order valence-corrected chi connectivity index (χ3v) is 11.7. The number of anilines is 3. The van der Waals surface area contributed by atoms with Crippen LogP contribution in [0.15, 0.2) is 212 Å². The van der Waals surface area contributed by atoms with Gasteiger partial charge in [-0.2, -0.15) is 0 Å². The van der Waals surface area contributed by atoms with E-state index in [4.69, 9.17) is 0 Å². The summed E-state index contributed by atoms with van der Waals surface area (Å²) in [5.41, 5.74) is 18.3.